The maximum absolute atomic E-state index is 12.4. The van der Waals surface area contributed by atoms with Crippen LogP contribution in [0.4, 0.5) is 0 Å². The lowest BCUT2D eigenvalue weighted by molar-refractivity contribution is -0.120. The van der Waals surface area contributed by atoms with Crippen LogP contribution in [0.25, 0.3) is 11.4 Å². The third-order valence-corrected chi connectivity index (χ3v) is 6.54. The maximum Gasteiger partial charge on any atom is 0.233 e. The van der Waals surface area contributed by atoms with Gasteiger partial charge < -0.3 is 10.1 Å². The molecule has 1 aliphatic rings. The molecule has 0 bridgehead atoms. The van der Waals surface area contributed by atoms with Gasteiger partial charge in [0, 0.05) is 18.2 Å². The molecule has 3 rings (SSSR count). The summed E-state index contributed by atoms with van der Waals surface area (Å²) < 4.78 is 7.54. The summed E-state index contributed by atoms with van der Waals surface area (Å²) in [5, 5.41) is 12.4. The molecule has 1 N–H and O–H groups in total. The van der Waals surface area contributed by atoms with Gasteiger partial charge in [-0.2, -0.15) is 0 Å². The number of carbonyl (C=O) groups is 1. The minimum Gasteiger partial charge on any atom is -0.497 e. The number of hydrogen-bond acceptors (Lipinski definition) is 5. The van der Waals surface area contributed by atoms with Gasteiger partial charge in [0.15, 0.2) is 11.0 Å². The highest BCUT2D eigenvalue weighted by Gasteiger charge is 2.30. The van der Waals surface area contributed by atoms with Crippen LogP contribution in [0.1, 0.15) is 45.6 Å². The maximum atomic E-state index is 12.4. The Kier molecular flexibility index (Phi) is 7.36. The number of benzene rings is 1. The van der Waals surface area contributed by atoms with Gasteiger partial charge in [-0.1, -0.05) is 37.6 Å². The first-order valence-electron chi connectivity index (χ1n) is 10.2. The van der Waals surface area contributed by atoms with E-state index in [-0.39, 0.29) is 11.2 Å². The molecule has 1 fully saturated rings. The Morgan fingerprint density at radius 2 is 2.07 bits per heavy atom. The summed E-state index contributed by atoms with van der Waals surface area (Å²) in [6.07, 6.45) is 6.45. The predicted octanol–water partition coefficient (Wildman–Crippen LogP) is 4.49. The van der Waals surface area contributed by atoms with Crippen molar-refractivity contribution in [2.24, 2.45) is 5.92 Å². The van der Waals surface area contributed by atoms with E-state index in [1.165, 1.54) is 31.0 Å². The number of rotatable bonds is 8. The first-order chi connectivity index (χ1) is 14.0. The summed E-state index contributed by atoms with van der Waals surface area (Å²) >= 11 is 1.47. The van der Waals surface area contributed by atoms with Crippen LogP contribution in [-0.4, -0.2) is 39.6 Å². The SMILES string of the molecule is C=CCNC(=O)[C@H](C)Sc1nnc(-c2ccc(OC)cc2)n1[C@H]1CCCC[C@@H]1C. The Morgan fingerprint density at radius 3 is 2.72 bits per heavy atom. The molecule has 156 valence electrons. The van der Waals surface area contributed by atoms with Crippen molar-refractivity contribution in [1.29, 1.82) is 0 Å². The largest absolute Gasteiger partial charge is 0.497 e. The number of nitrogens with one attached hydrogen (secondary N) is 1. The van der Waals surface area contributed by atoms with Crippen molar-refractivity contribution in [2.75, 3.05) is 13.7 Å². The Hall–Kier alpha value is -2.28. The van der Waals surface area contributed by atoms with Gasteiger partial charge in [0.2, 0.25) is 5.91 Å². The van der Waals surface area contributed by atoms with Crippen molar-refractivity contribution in [3.63, 3.8) is 0 Å². The summed E-state index contributed by atoms with van der Waals surface area (Å²) in [7, 11) is 1.66. The minimum atomic E-state index is -0.263. The van der Waals surface area contributed by atoms with E-state index in [1.54, 1.807) is 13.2 Å². The van der Waals surface area contributed by atoms with Crippen LogP contribution in [0.3, 0.4) is 0 Å². The standard InChI is InChI=1S/C22H30N4O2S/c1-5-14-23-21(27)16(3)29-22-25-24-20(17-10-12-18(28-4)13-11-17)26(22)19-9-7-6-8-15(19)2/h5,10-13,15-16,19H,1,6-9,14H2,2-4H3,(H,23,27)/t15-,16-,19-/m0/s1. The molecule has 1 heterocycles. The number of thioether (sulfide) groups is 1. The fraction of sp³-hybridized carbons (Fsp3) is 0.500. The van der Waals surface area contributed by atoms with E-state index in [2.05, 4.69) is 33.6 Å². The minimum absolute atomic E-state index is 0.0212. The number of carbonyl (C=O) groups excluding carboxylic acids is 1. The molecular weight excluding hydrogens is 384 g/mol. The van der Waals surface area contributed by atoms with Crippen LogP contribution >= 0.6 is 11.8 Å². The molecule has 0 radical (unpaired) electrons. The second-order valence-electron chi connectivity index (χ2n) is 7.53. The molecule has 0 spiro atoms. The van der Waals surface area contributed by atoms with E-state index in [1.807, 2.05) is 31.2 Å². The summed E-state index contributed by atoms with van der Waals surface area (Å²) in [5.41, 5.74) is 1.01. The van der Waals surface area contributed by atoms with Crippen molar-refractivity contribution < 1.29 is 9.53 Å². The lowest BCUT2D eigenvalue weighted by atomic mass is 9.85. The summed E-state index contributed by atoms with van der Waals surface area (Å²) in [6.45, 7) is 8.32. The zero-order chi connectivity index (χ0) is 20.8. The summed E-state index contributed by atoms with van der Waals surface area (Å²) in [6, 6.07) is 8.25. The molecule has 2 aromatic rings. The average molecular weight is 415 g/mol. The first kappa shape index (κ1) is 21.4. The van der Waals surface area contributed by atoms with E-state index in [0.29, 0.717) is 18.5 Å². The zero-order valence-electron chi connectivity index (χ0n) is 17.4. The van der Waals surface area contributed by atoms with Gasteiger partial charge in [-0.3, -0.25) is 9.36 Å². The molecule has 1 amide bonds. The highest BCUT2D eigenvalue weighted by atomic mass is 32.2. The first-order valence-corrected chi connectivity index (χ1v) is 11.1. The second-order valence-corrected chi connectivity index (χ2v) is 8.84. The quantitative estimate of drug-likeness (QED) is 0.509. The van der Waals surface area contributed by atoms with Gasteiger partial charge in [0.1, 0.15) is 5.75 Å². The van der Waals surface area contributed by atoms with Crippen molar-refractivity contribution >= 4 is 17.7 Å². The Bertz CT molecular complexity index is 834. The van der Waals surface area contributed by atoms with Gasteiger partial charge in [-0.15, -0.1) is 16.8 Å². The van der Waals surface area contributed by atoms with Crippen molar-refractivity contribution in [2.45, 2.75) is 56.0 Å². The molecule has 0 saturated heterocycles. The number of methoxy groups -OCH3 is 1. The Balaban J connectivity index is 1.94. The average Bonchev–Trinajstić information content (AvgIpc) is 3.15. The van der Waals surface area contributed by atoms with Gasteiger partial charge in [0.25, 0.3) is 0 Å². The Morgan fingerprint density at radius 1 is 1.34 bits per heavy atom. The van der Waals surface area contributed by atoms with Crippen molar-refractivity contribution in [3.05, 3.63) is 36.9 Å². The van der Waals surface area contributed by atoms with Crippen molar-refractivity contribution in [3.8, 4) is 17.1 Å². The lowest BCUT2D eigenvalue weighted by Crippen LogP contribution is -2.31. The van der Waals surface area contributed by atoms with Gasteiger partial charge >= 0.3 is 0 Å². The van der Waals surface area contributed by atoms with Gasteiger partial charge in [-0.25, -0.2) is 0 Å². The van der Waals surface area contributed by atoms with Crippen LogP contribution in [0.15, 0.2) is 42.1 Å². The molecular formula is C22H30N4O2S. The monoisotopic (exact) mass is 414 g/mol. The zero-order valence-corrected chi connectivity index (χ0v) is 18.2. The van der Waals surface area contributed by atoms with Crippen molar-refractivity contribution in [1.82, 2.24) is 20.1 Å². The van der Waals surface area contributed by atoms with E-state index in [9.17, 15) is 4.79 Å². The third-order valence-electron chi connectivity index (χ3n) is 5.48. The highest BCUT2D eigenvalue weighted by molar-refractivity contribution is 8.00. The highest BCUT2D eigenvalue weighted by Crippen LogP contribution is 2.39. The number of aromatic nitrogens is 3. The van der Waals surface area contributed by atoms with Crippen LogP contribution in [0.2, 0.25) is 0 Å². The Labute approximate surface area is 177 Å². The molecule has 29 heavy (non-hydrogen) atoms. The van der Waals surface area contributed by atoms with Crippen LogP contribution in [-0.2, 0) is 4.79 Å². The fourth-order valence-corrected chi connectivity index (χ4v) is 4.73. The molecule has 1 aliphatic carbocycles. The molecule has 1 saturated carbocycles. The normalized spacial score (nSPS) is 20.1. The van der Waals surface area contributed by atoms with Crippen LogP contribution in [0.5, 0.6) is 5.75 Å². The number of hydrogen-bond donors (Lipinski definition) is 1. The van der Waals surface area contributed by atoms with E-state index < -0.39 is 0 Å². The summed E-state index contributed by atoms with van der Waals surface area (Å²) in [5.74, 6) is 2.19. The fourth-order valence-electron chi connectivity index (χ4n) is 3.80. The van der Waals surface area contributed by atoms with Gasteiger partial charge in [0.05, 0.1) is 12.4 Å². The van der Waals surface area contributed by atoms with Crippen LogP contribution < -0.4 is 10.1 Å². The molecule has 6 nitrogen and oxygen atoms in total. The molecule has 3 atom stereocenters. The second kappa shape index (κ2) is 9.96. The van der Waals surface area contributed by atoms with E-state index in [0.717, 1.165) is 28.7 Å². The van der Waals surface area contributed by atoms with Crippen LogP contribution in [0, 0.1) is 5.92 Å². The van der Waals surface area contributed by atoms with E-state index in [4.69, 9.17) is 4.74 Å². The predicted molar refractivity (Wildman–Crippen MR) is 117 cm³/mol. The summed E-state index contributed by atoms with van der Waals surface area (Å²) in [4.78, 5) is 12.4. The number of amides is 1. The van der Waals surface area contributed by atoms with E-state index >= 15 is 0 Å². The molecule has 0 aliphatic heterocycles. The topological polar surface area (TPSA) is 69.0 Å². The number of ether oxygens (including phenoxy) is 1. The molecule has 1 aromatic carbocycles. The third kappa shape index (κ3) is 5.01. The van der Waals surface area contributed by atoms with Gasteiger partial charge in [-0.05, 0) is 49.9 Å². The molecule has 7 heteroatoms. The molecule has 1 aromatic heterocycles. The molecule has 0 unspecified atom stereocenters. The lowest BCUT2D eigenvalue weighted by Gasteiger charge is -2.31. The number of nitrogens with zero attached hydrogens (tertiary/aromatic N) is 3. The smallest absolute Gasteiger partial charge is 0.233 e.